The predicted molar refractivity (Wildman–Crippen MR) is 42.8 cm³/mol. The topological polar surface area (TPSA) is 37.3 Å². The zero-order chi connectivity index (χ0) is 9.30. The average Bonchev–Trinajstić information content (AvgIpc) is 1.96. The summed E-state index contributed by atoms with van der Waals surface area (Å²) in [7, 11) is 0. The fraction of sp³-hybridized carbons (Fsp3) is 0.222. The third-order valence-corrected chi connectivity index (χ3v) is 1.81. The van der Waals surface area contributed by atoms with E-state index in [-0.39, 0.29) is 5.56 Å². The average molecular weight is 168 g/mol. The number of carbonyl (C=O) groups is 1. The molecule has 12 heavy (non-hydrogen) atoms. The quantitative estimate of drug-likeness (QED) is 0.697. The number of carboxylic acids is 1. The number of halogens is 1. The summed E-state index contributed by atoms with van der Waals surface area (Å²) in [6.07, 6.45) is 0. The van der Waals surface area contributed by atoms with Crippen molar-refractivity contribution in [2.45, 2.75) is 13.8 Å². The highest BCUT2D eigenvalue weighted by atomic mass is 19.1. The van der Waals surface area contributed by atoms with Crippen LogP contribution in [0, 0.1) is 19.7 Å². The van der Waals surface area contributed by atoms with Crippen LogP contribution in [0.15, 0.2) is 12.1 Å². The first-order valence-corrected chi connectivity index (χ1v) is 3.52. The van der Waals surface area contributed by atoms with Gasteiger partial charge in [0.15, 0.2) is 0 Å². The molecule has 0 aliphatic carbocycles. The van der Waals surface area contributed by atoms with Crippen molar-refractivity contribution < 1.29 is 14.3 Å². The molecule has 0 heterocycles. The van der Waals surface area contributed by atoms with Crippen LogP contribution < -0.4 is 0 Å². The Bertz CT molecular complexity index is 332. The maximum Gasteiger partial charge on any atom is 0.338 e. The van der Waals surface area contributed by atoms with Gasteiger partial charge in [-0.2, -0.15) is 0 Å². The highest BCUT2D eigenvalue weighted by Gasteiger charge is 2.10. The van der Waals surface area contributed by atoms with Crippen LogP contribution in [0.1, 0.15) is 21.5 Å². The fourth-order valence-corrected chi connectivity index (χ4v) is 0.945. The molecule has 1 aromatic carbocycles. The summed E-state index contributed by atoms with van der Waals surface area (Å²) in [6, 6.07) is 2.58. The van der Waals surface area contributed by atoms with Gasteiger partial charge >= 0.3 is 5.97 Å². The minimum atomic E-state index is -1.23. The Labute approximate surface area is 69.6 Å². The molecule has 0 aromatic heterocycles. The molecule has 0 radical (unpaired) electrons. The summed E-state index contributed by atoms with van der Waals surface area (Å²) >= 11 is 0. The summed E-state index contributed by atoms with van der Waals surface area (Å²) < 4.78 is 12.9. The van der Waals surface area contributed by atoms with Crippen molar-refractivity contribution in [3.8, 4) is 0 Å². The molecular weight excluding hydrogens is 159 g/mol. The van der Waals surface area contributed by atoms with Crippen LogP contribution in [-0.2, 0) is 0 Å². The summed E-state index contributed by atoms with van der Waals surface area (Å²) in [4.78, 5) is 10.4. The molecule has 0 unspecified atom stereocenters. The Balaban J connectivity index is 3.33. The van der Waals surface area contributed by atoms with Gasteiger partial charge in [0.25, 0.3) is 0 Å². The van der Waals surface area contributed by atoms with Gasteiger partial charge in [-0.25, -0.2) is 9.18 Å². The van der Waals surface area contributed by atoms with Crippen LogP contribution in [0.4, 0.5) is 4.39 Å². The lowest BCUT2D eigenvalue weighted by Crippen LogP contribution is -2.01. The highest BCUT2D eigenvalue weighted by molar-refractivity contribution is 5.88. The van der Waals surface area contributed by atoms with Crippen LogP contribution >= 0.6 is 0 Å². The summed E-state index contributed by atoms with van der Waals surface area (Å²) in [6.45, 7) is 3.49. The maximum absolute atomic E-state index is 12.9. The van der Waals surface area contributed by atoms with Gasteiger partial charge in [0.1, 0.15) is 5.82 Å². The van der Waals surface area contributed by atoms with Crippen LogP contribution in [0.5, 0.6) is 0 Å². The van der Waals surface area contributed by atoms with Crippen molar-refractivity contribution in [3.63, 3.8) is 0 Å². The SMILES string of the molecule is Cc1cc(F)c(C(=O)O)cc1C. The van der Waals surface area contributed by atoms with Gasteiger partial charge in [-0.3, -0.25) is 0 Å². The van der Waals surface area contributed by atoms with E-state index in [4.69, 9.17) is 5.11 Å². The lowest BCUT2D eigenvalue weighted by Gasteiger charge is -2.02. The van der Waals surface area contributed by atoms with E-state index in [1.54, 1.807) is 13.8 Å². The number of rotatable bonds is 1. The van der Waals surface area contributed by atoms with Gasteiger partial charge in [-0.15, -0.1) is 0 Å². The Morgan fingerprint density at radius 2 is 1.83 bits per heavy atom. The molecule has 0 bridgehead atoms. The second kappa shape index (κ2) is 2.93. The van der Waals surface area contributed by atoms with Crippen LogP contribution in [0.25, 0.3) is 0 Å². The predicted octanol–water partition coefficient (Wildman–Crippen LogP) is 2.14. The first kappa shape index (κ1) is 8.71. The second-order valence-electron chi connectivity index (χ2n) is 2.72. The van der Waals surface area contributed by atoms with E-state index in [2.05, 4.69) is 0 Å². The Kier molecular flexibility index (Phi) is 2.13. The molecule has 0 atom stereocenters. The van der Waals surface area contributed by atoms with E-state index < -0.39 is 11.8 Å². The van der Waals surface area contributed by atoms with E-state index in [0.717, 1.165) is 11.1 Å². The van der Waals surface area contributed by atoms with Gasteiger partial charge in [-0.1, -0.05) is 0 Å². The highest BCUT2D eigenvalue weighted by Crippen LogP contribution is 2.14. The minimum absolute atomic E-state index is 0.266. The zero-order valence-corrected chi connectivity index (χ0v) is 6.89. The van der Waals surface area contributed by atoms with Crippen molar-refractivity contribution in [2.75, 3.05) is 0 Å². The standard InChI is InChI=1S/C9H9FO2/c1-5-3-7(9(11)12)8(10)4-6(5)2/h3-4H,1-2H3,(H,11,12). The van der Waals surface area contributed by atoms with Gasteiger partial charge < -0.3 is 5.11 Å². The monoisotopic (exact) mass is 168 g/mol. The van der Waals surface area contributed by atoms with Gasteiger partial charge in [0.05, 0.1) is 5.56 Å². The molecule has 0 fully saturated rings. The normalized spacial score (nSPS) is 9.92. The van der Waals surface area contributed by atoms with Gasteiger partial charge in [-0.05, 0) is 37.1 Å². The Morgan fingerprint density at radius 3 is 2.33 bits per heavy atom. The third-order valence-electron chi connectivity index (χ3n) is 1.81. The van der Waals surface area contributed by atoms with Crippen molar-refractivity contribution in [1.29, 1.82) is 0 Å². The maximum atomic E-state index is 12.9. The molecular formula is C9H9FO2. The number of aryl methyl sites for hydroxylation is 2. The van der Waals surface area contributed by atoms with Gasteiger partial charge in [0, 0.05) is 0 Å². The molecule has 0 saturated heterocycles. The van der Waals surface area contributed by atoms with Crippen LogP contribution in [0.2, 0.25) is 0 Å². The third kappa shape index (κ3) is 1.44. The Morgan fingerprint density at radius 1 is 1.33 bits per heavy atom. The van der Waals surface area contributed by atoms with Crippen molar-refractivity contribution >= 4 is 5.97 Å². The van der Waals surface area contributed by atoms with E-state index in [1.807, 2.05) is 0 Å². The van der Waals surface area contributed by atoms with Gasteiger partial charge in [0.2, 0.25) is 0 Å². The molecule has 0 saturated carbocycles. The molecule has 0 spiro atoms. The smallest absolute Gasteiger partial charge is 0.338 e. The summed E-state index contributed by atoms with van der Waals surface area (Å²) in [5, 5.41) is 8.54. The number of benzene rings is 1. The lowest BCUT2D eigenvalue weighted by atomic mass is 10.1. The Hall–Kier alpha value is -1.38. The van der Waals surface area contributed by atoms with Crippen LogP contribution in [0.3, 0.4) is 0 Å². The van der Waals surface area contributed by atoms with E-state index >= 15 is 0 Å². The van der Waals surface area contributed by atoms with Crippen molar-refractivity contribution in [3.05, 3.63) is 34.6 Å². The number of hydrogen-bond acceptors (Lipinski definition) is 1. The molecule has 2 nitrogen and oxygen atoms in total. The molecule has 3 heteroatoms. The van der Waals surface area contributed by atoms with E-state index in [0.29, 0.717) is 0 Å². The van der Waals surface area contributed by atoms with E-state index in [1.165, 1.54) is 12.1 Å². The minimum Gasteiger partial charge on any atom is -0.478 e. The lowest BCUT2D eigenvalue weighted by molar-refractivity contribution is 0.0692. The van der Waals surface area contributed by atoms with Crippen molar-refractivity contribution in [2.24, 2.45) is 0 Å². The van der Waals surface area contributed by atoms with E-state index in [9.17, 15) is 9.18 Å². The number of hydrogen-bond donors (Lipinski definition) is 1. The largest absolute Gasteiger partial charge is 0.478 e. The fourth-order valence-electron chi connectivity index (χ4n) is 0.945. The number of aromatic carboxylic acids is 1. The molecule has 1 aromatic rings. The summed E-state index contributed by atoms with van der Waals surface area (Å²) in [5.74, 6) is -1.90. The first-order valence-electron chi connectivity index (χ1n) is 3.52. The molecule has 0 aliphatic rings. The molecule has 0 aliphatic heterocycles. The first-order chi connectivity index (χ1) is 5.52. The molecule has 1 N–H and O–H groups in total. The zero-order valence-electron chi connectivity index (χ0n) is 6.89. The van der Waals surface area contributed by atoms with Crippen LogP contribution in [-0.4, -0.2) is 11.1 Å². The second-order valence-corrected chi connectivity index (χ2v) is 2.72. The number of carboxylic acid groups (broad SMARTS) is 1. The molecule has 0 amide bonds. The summed E-state index contributed by atoms with van der Waals surface area (Å²) in [5.41, 5.74) is 1.28. The molecule has 64 valence electrons. The van der Waals surface area contributed by atoms with Crippen molar-refractivity contribution in [1.82, 2.24) is 0 Å². The molecule has 1 rings (SSSR count).